The zero-order valence-corrected chi connectivity index (χ0v) is 9.90. The number of hydrogen-bond donors (Lipinski definition) is 0. The summed E-state index contributed by atoms with van der Waals surface area (Å²) in [4.78, 5) is 10.5. The molecule has 0 spiro atoms. The van der Waals surface area contributed by atoms with Crippen LogP contribution in [-0.2, 0) is 11.8 Å². The van der Waals surface area contributed by atoms with Crippen molar-refractivity contribution in [2.45, 2.75) is 26.2 Å². The summed E-state index contributed by atoms with van der Waals surface area (Å²) >= 11 is 0. The lowest BCUT2D eigenvalue weighted by Crippen LogP contribution is -1.95. The molecule has 0 saturated carbocycles. The molecular weight excluding hydrogens is 200 g/mol. The molecule has 0 N–H and O–H groups in total. The number of aryl methyl sites for hydroxylation is 2. The molecule has 0 aliphatic rings. The molecule has 2 rings (SSSR count). The van der Waals surface area contributed by atoms with E-state index in [1.54, 1.807) is 0 Å². The van der Waals surface area contributed by atoms with Gasteiger partial charge in [0.25, 0.3) is 0 Å². The third kappa shape index (κ3) is 1.73. The summed E-state index contributed by atoms with van der Waals surface area (Å²) in [7, 11) is 1.95. The molecule has 3 nitrogen and oxygen atoms in total. The third-order valence-electron chi connectivity index (χ3n) is 3.08. The Morgan fingerprint density at radius 2 is 2.25 bits per heavy atom. The van der Waals surface area contributed by atoms with Gasteiger partial charge in [-0.25, -0.2) is 0 Å². The van der Waals surface area contributed by atoms with Crippen LogP contribution >= 0.6 is 0 Å². The lowest BCUT2D eigenvalue weighted by atomic mass is 9.97. The van der Waals surface area contributed by atoms with E-state index in [1.165, 1.54) is 10.9 Å². The molecule has 1 unspecified atom stereocenters. The molecule has 1 heterocycles. The highest BCUT2D eigenvalue weighted by Gasteiger charge is 2.09. The molecule has 0 aliphatic carbocycles. The van der Waals surface area contributed by atoms with E-state index < -0.39 is 0 Å². The first-order valence-corrected chi connectivity index (χ1v) is 5.50. The van der Waals surface area contributed by atoms with E-state index in [4.69, 9.17) is 0 Å². The van der Waals surface area contributed by atoms with Gasteiger partial charge in [0.1, 0.15) is 6.29 Å². The molecule has 2 aromatic rings. The van der Waals surface area contributed by atoms with Gasteiger partial charge in [-0.05, 0) is 24.5 Å². The van der Waals surface area contributed by atoms with Gasteiger partial charge in [0.2, 0.25) is 0 Å². The van der Waals surface area contributed by atoms with Crippen LogP contribution in [0.25, 0.3) is 10.9 Å². The minimum absolute atomic E-state index is 0.275. The summed E-state index contributed by atoms with van der Waals surface area (Å²) in [5.41, 5.74) is 3.38. The summed E-state index contributed by atoms with van der Waals surface area (Å²) in [6.07, 6.45) is 1.55. The number of rotatable bonds is 3. The number of fused-ring (bicyclic) bond motifs is 1. The highest BCUT2D eigenvalue weighted by molar-refractivity contribution is 5.82. The summed E-state index contributed by atoms with van der Waals surface area (Å²) in [5, 5.41) is 5.57. The highest BCUT2D eigenvalue weighted by atomic mass is 16.1. The summed E-state index contributed by atoms with van der Waals surface area (Å²) in [6.45, 7) is 4.08. The smallest absolute Gasteiger partial charge is 0.120 e. The second-order valence-electron chi connectivity index (χ2n) is 4.29. The van der Waals surface area contributed by atoms with Gasteiger partial charge in [0, 0.05) is 18.9 Å². The van der Waals surface area contributed by atoms with Crippen LogP contribution in [0.2, 0.25) is 0 Å². The number of nitrogens with zero attached hydrogens (tertiary/aromatic N) is 2. The molecule has 3 heteroatoms. The number of carbonyl (C=O) groups excluding carboxylic acids is 1. The van der Waals surface area contributed by atoms with E-state index in [-0.39, 0.29) is 5.92 Å². The fourth-order valence-corrected chi connectivity index (χ4v) is 2.04. The Bertz CT molecular complexity index is 528. The van der Waals surface area contributed by atoms with E-state index in [0.717, 1.165) is 17.5 Å². The van der Waals surface area contributed by atoms with Crippen molar-refractivity contribution in [1.29, 1.82) is 0 Å². The van der Waals surface area contributed by atoms with Crippen LogP contribution in [0.5, 0.6) is 0 Å². The Morgan fingerprint density at radius 3 is 2.94 bits per heavy atom. The molecule has 1 aromatic carbocycles. The Balaban J connectivity index is 2.51. The molecule has 0 saturated heterocycles. The Kier molecular flexibility index (Phi) is 2.77. The molecular formula is C13H16N2O. The van der Waals surface area contributed by atoms with Gasteiger partial charge in [-0.15, -0.1) is 0 Å². The maximum absolute atomic E-state index is 10.5. The minimum atomic E-state index is 0.275. The van der Waals surface area contributed by atoms with Crippen LogP contribution in [-0.4, -0.2) is 16.1 Å². The van der Waals surface area contributed by atoms with Crippen LogP contribution in [0.1, 0.15) is 30.5 Å². The standard InChI is InChI=1S/C13H16N2O/c1-9(6-7-16)11-4-5-12-10(2)14-15(3)13(12)8-11/h4-5,7-9H,6H2,1-3H3. The van der Waals surface area contributed by atoms with E-state index in [1.807, 2.05) is 18.7 Å². The van der Waals surface area contributed by atoms with Crippen molar-refractivity contribution in [3.63, 3.8) is 0 Å². The lowest BCUT2D eigenvalue weighted by molar-refractivity contribution is -0.108. The van der Waals surface area contributed by atoms with Crippen molar-refractivity contribution in [3.8, 4) is 0 Å². The van der Waals surface area contributed by atoms with Gasteiger partial charge in [-0.1, -0.05) is 19.1 Å². The van der Waals surface area contributed by atoms with Crippen molar-refractivity contribution in [1.82, 2.24) is 9.78 Å². The third-order valence-corrected chi connectivity index (χ3v) is 3.08. The molecule has 1 atom stereocenters. The Morgan fingerprint density at radius 1 is 1.50 bits per heavy atom. The lowest BCUT2D eigenvalue weighted by Gasteiger charge is -2.08. The molecule has 0 radical (unpaired) electrons. The number of benzene rings is 1. The summed E-state index contributed by atoms with van der Waals surface area (Å²) < 4.78 is 1.89. The first kappa shape index (κ1) is 10.9. The van der Waals surface area contributed by atoms with Crippen molar-refractivity contribution in [2.24, 2.45) is 7.05 Å². The fraction of sp³-hybridized carbons (Fsp3) is 0.385. The number of aldehydes is 1. The number of hydrogen-bond acceptors (Lipinski definition) is 2. The predicted molar refractivity (Wildman–Crippen MR) is 64.5 cm³/mol. The normalized spacial score (nSPS) is 12.9. The SMILES string of the molecule is Cc1nn(C)c2cc(C(C)CC=O)ccc12. The van der Waals surface area contributed by atoms with Crippen LogP contribution in [0.4, 0.5) is 0 Å². The maximum atomic E-state index is 10.5. The van der Waals surface area contributed by atoms with E-state index in [9.17, 15) is 4.79 Å². The predicted octanol–water partition coefficient (Wildman–Crippen LogP) is 2.57. The van der Waals surface area contributed by atoms with Crippen molar-refractivity contribution >= 4 is 17.2 Å². The van der Waals surface area contributed by atoms with Crippen molar-refractivity contribution < 1.29 is 4.79 Å². The van der Waals surface area contributed by atoms with Crippen molar-refractivity contribution in [2.75, 3.05) is 0 Å². The zero-order chi connectivity index (χ0) is 11.7. The Hall–Kier alpha value is -1.64. The van der Waals surface area contributed by atoms with Gasteiger partial charge < -0.3 is 4.79 Å². The maximum Gasteiger partial charge on any atom is 0.120 e. The van der Waals surface area contributed by atoms with Crippen LogP contribution < -0.4 is 0 Å². The van der Waals surface area contributed by atoms with Crippen LogP contribution in [0.3, 0.4) is 0 Å². The van der Waals surface area contributed by atoms with Gasteiger partial charge in [0.05, 0.1) is 11.2 Å². The van der Waals surface area contributed by atoms with E-state index >= 15 is 0 Å². The largest absolute Gasteiger partial charge is 0.303 e. The second kappa shape index (κ2) is 4.08. The van der Waals surface area contributed by atoms with Crippen molar-refractivity contribution in [3.05, 3.63) is 29.5 Å². The molecule has 1 aromatic heterocycles. The van der Waals surface area contributed by atoms with E-state index in [2.05, 4.69) is 30.2 Å². The molecule has 84 valence electrons. The highest BCUT2D eigenvalue weighted by Crippen LogP contribution is 2.24. The first-order valence-electron chi connectivity index (χ1n) is 5.50. The fourth-order valence-electron chi connectivity index (χ4n) is 2.04. The zero-order valence-electron chi connectivity index (χ0n) is 9.90. The molecule has 0 fully saturated rings. The van der Waals surface area contributed by atoms with Crippen LogP contribution in [0.15, 0.2) is 18.2 Å². The number of aromatic nitrogens is 2. The molecule has 16 heavy (non-hydrogen) atoms. The van der Waals surface area contributed by atoms with Gasteiger partial charge in [-0.2, -0.15) is 5.10 Å². The number of carbonyl (C=O) groups is 1. The van der Waals surface area contributed by atoms with E-state index in [0.29, 0.717) is 6.42 Å². The monoisotopic (exact) mass is 216 g/mol. The van der Waals surface area contributed by atoms with Gasteiger partial charge >= 0.3 is 0 Å². The topological polar surface area (TPSA) is 34.9 Å². The molecule has 0 bridgehead atoms. The Labute approximate surface area is 95.1 Å². The summed E-state index contributed by atoms with van der Waals surface area (Å²) in [5.74, 6) is 0.275. The quantitative estimate of drug-likeness (QED) is 0.739. The first-order chi connectivity index (χ1) is 7.63. The second-order valence-corrected chi connectivity index (χ2v) is 4.29. The molecule has 0 aliphatic heterocycles. The minimum Gasteiger partial charge on any atom is -0.303 e. The van der Waals surface area contributed by atoms with Gasteiger partial charge in [0.15, 0.2) is 0 Å². The summed E-state index contributed by atoms with van der Waals surface area (Å²) in [6, 6.07) is 6.31. The van der Waals surface area contributed by atoms with Crippen LogP contribution in [0, 0.1) is 6.92 Å². The molecule has 0 amide bonds. The average Bonchev–Trinajstić information content (AvgIpc) is 2.55. The van der Waals surface area contributed by atoms with Gasteiger partial charge in [-0.3, -0.25) is 4.68 Å². The average molecular weight is 216 g/mol.